The van der Waals surface area contributed by atoms with Gasteiger partial charge in [0, 0.05) is 50.6 Å². The summed E-state index contributed by atoms with van der Waals surface area (Å²) in [6, 6.07) is 5.94. The van der Waals surface area contributed by atoms with Gasteiger partial charge in [0.05, 0.1) is 0 Å². The van der Waals surface area contributed by atoms with E-state index in [4.69, 9.17) is 0 Å². The van der Waals surface area contributed by atoms with Crippen LogP contribution in [0, 0.1) is 5.41 Å². The van der Waals surface area contributed by atoms with Crippen LogP contribution in [-0.4, -0.2) is 45.7 Å². The molecule has 136 valence electrons. The van der Waals surface area contributed by atoms with Crippen LogP contribution in [0.2, 0.25) is 0 Å². The smallest absolute Gasteiger partial charge is 0.253 e. The predicted molar refractivity (Wildman–Crippen MR) is 101 cm³/mol. The van der Waals surface area contributed by atoms with E-state index in [0.29, 0.717) is 18.2 Å². The number of carbonyl (C=O) groups excluding carboxylic acids is 2. The Morgan fingerprint density at radius 2 is 2.00 bits per heavy atom. The summed E-state index contributed by atoms with van der Waals surface area (Å²) in [5, 5.41) is 4.17. The molecular formula is C20H23N3O2S. The Labute approximate surface area is 157 Å². The normalized spacial score (nSPS) is 20.8. The Morgan fingerprint density at radius 3 is 2.62 bits per heavy atom. The van der Waals surface area contributed by atoms with Gasteiger partial charge < -0.3 is 9.80 Å². The third-order valence-corrected chi connectivity index (χ3v) is 6.57. The van der Waals surface area contributed by atoms with Gasteiger partial charge >= 0.3 is 0 Å². The van der Waals surface area contributed by atoms with Crippen LogP contribution < -0.4 is 0 Å². The lowest BCUT2D eigenvalue weighted by atomic mass is 9.91. The highest BCUT2D eigenvalue weighted by molar-refractivity contribution is 7.07. The minimum Gasteiger partial charge on any atom is -0.339 e. The van der Waals surface area contributed by atoms with Crippen LogP contribution in [0.25, 0.3) is 0 Å². The van der Waals surface area contributed by atoms with Gasteiger partial charge in [-0.1, -0.05) is 0 Å². The zero-order valence-electron chi connectivity index (χ0n) is 14.9. The molecule has 1 saturated heterocycles. The van der Waals surface area contributed by atoms with Crippen LogP contribution >= 0.6 is 11.3 Å². The molecule has 4 rings (SSSR count). The van der Waals surface area contributed by atoms with Crippen molar-refractivity contribution in [1.29, 1.82) is 0 Å². The molecule has 2 aliphatic rings. The van der Waals surface area contributed by atoms with E-state index in [9.17, 15) is 9.59 Å². The zero-order chi connectivity index (χ0) is 18.1. The van der Waals surface area contributed by atoms with Gasteiger partial charge in [0.25, 0.3) is 5.91 Å². The van der Waals surface area contributed by atoms with Gasteiger partial charge in [-0.25, -0.2) is 0 Å². The number of hydrogen-bond donors (Lipinski definition) is 0. The number of piperidine rings is 1. The second kappa shape index (κ2) is 6.83. The average molecular weight is 369 g/mol. The molecule has 0 N–H and O–H groups in total. The summed E-state index contributed by atoms with van der Waals surface area (Å²) in [6.45, 7) is 3.90. The Balaban J connectivity index is 1.38. The summed E-state index contributed by atoms with van der Waals surface area (Å²) in [7, 11) is 0. The Morgan fingerprint density at radius 1 is 1.27 bits per heavy atom. The average Bonchev–Trinajstić information content (AvgIpc) is 3.09. The molecule has 2 amide bonds. The maximum atomic E-state index is 12.6. The van der Waals surface area contributed by atoms with E-state index < -0.39 is 0 Å². The van der Waals surface area contributed by atoms with Crippen molar-refractivity contribution in [3.8, 4) is 0 Å². The lowest BCUT2D eigenvalue weighted by Crippen LogP contribution is -2.42. The first kappa shape index (κ1) is 17.2. The first-order chi connectivity index (χ1) is 12.6. The van der Waals surface area contributed by atoms with Crippen LogP contribution in [0.15, 0.2) is 41.4 Å². The SMILES string of the molecule is CC(=O)N(Cc1ccsc1)C1CC12CCN(C(=O)c1ccncc1)CC2. The topological polar surface area (TPSA) is 53.5 Å². The van der Waals surface area contributed by atoms with E-state index >= 15 is 0 Å². The minimum atomic E-state index is 0.0844. The van der Waals surface area contributed by atoms with E-state index in [0.717, 1.165) is 32.4 Å². The van der Waals surface area contributed by atoms with Crippen molar-refractivity contribution < 1.29 is 9.59 Å². The van der Waals surface area contributed by atoms with E-state index in [2.05, 4.69) is 21.8 Å². The van der Waals surface area contributed by atoms with Crippen molar-refractivity contribution >= 4 is 23.2 Å². The van der Waals surface area contributed by atoms with Gasteiger partial charge in [0.1, 0.15) is 0 Å². The summed E-state index contributed by atoms with van der Waals surface area (Å²) in [5.74, 6) is 0.231. The molecule has 1 unspecified atom stereocenters. The summed E-state index contributed by atoms with van der Waals surface area (Å²) in [5.41, 5.74) is 2.11. The fraction of sp³-hybridized carbons (Fsp3) is 0.450. The van der Waals surface area contributed by atoms with E-state index in [1.807, 2.05) is 9.80 Å². The quantitative estimate of drug-likeness (QED) is 0.832. The summed E-state index contributed by atoms with van der Waals surface area (Å²) >= 11 is 1.67. The summed E-state index contributed by atoms with van der Waals surface area (Å²) < 4.78 is 0. The number of carbonyl (C=O) groups is 2. The number of aromatic nitrogens is 1. The molecule has 1 spiro atoms. The number of thiophene rings is 1. The molecule has 2 aromatic rings. The molecule has 1 saturated carbocycles. The lowest BCUT2D eigenvalue weighted by molar-refractivity contribution is -0.130. The number of nitrogens with zero attached hydrogens (tertiary/aromatic N) is 3. The molecular weight excluding hydrogens is 346 g/mol. The highest BCUT2D eigenvalue weighted by Crippen LogP contribution is 2.57. The van der Waals surface area contributed by atoms with Crippen molar-refractivity contribution in [2.24, 2.45) is 5.41 Å². The molecule has 1 aliphatic heterocycles. The molecule has 26 heavy (non-hydrogen) atoms. The number of likely N-dealkylation sites (tertiary alicyclic amines) is 1. The van der Waals surface area contributed by atoms with Gasteiger partial charge in [-0.2, -0.15) is 11.3 Å². The highest BCUT2D eigenvalue weighted by Gasteiger charge is 2.58. The predicted octanol–water partition coefficient (Wildman–Crippen LogP) is 3.19. The largest absolute Gasteiger partial charge is 0.339 e. The van der Waals surface area contributed by atoms with Crippen LogP contribution in [0.4, 0.5) is 0 Å². The van der Waals surface area contributed by atoms with Crippen molar-refractivity contribution in [1.82, 2.24) is 14.8 Å². The van der Waals surface area contributed by atoms with Gasteiger partial charge in [0.2, 0.25) is 5.91 Å². The number of amides is 2. The maximum absolute atomic E-state index is 12.6. The molecule has 0 bridgehead atoms. The molecule has 2 fully saturated rings. The first-order valence-corrected chi connectivity index (χ1v) is 10.0. The molecule has 2 aromatic heterocycles. The third kappa shape index (κ3) is 3.26. The molecule has 6 heteroatoms. The van der Waals surface area contributed by atoms with Gasteiger partial charge in [0.15, 0.2) is 0 Å². The summed E-state index contributed by atoms with van der Waals surface area (Å²) in [6.07, 6.45) is 6.33. The van der Waals surface area contributed by atoms with Crippen molar-refractivity contribution in [2.75, 3.05) is 13.1 Å². The van der Waals surface area contributed by atoms with Gasteiger partial charge in [-0.15, -0.1) is 0 Å². The molecule has 0 aromatic carbocycles. The minimum absolute atomic E-state index is 0.0844. The number of rotatable bonds is 4. The van der Waals surface area contributed by atoms with Crippen molar-refractivity contribution in [3.05, 3.63) is 52.5 Å². The number of pyridine rings is 1. The van der Waals surface area contributed by atoms with E-state index in [1.165, 1.54) is 5.56 Å². The van der Waals surface area contributed by atoms with E-state index in [-0.39, 0.29) is 17.2 Å². The van der Waals surface area contributed by atoms with Crippen LogP contribution in [0.3, 0.4) is 0 Å². The fourth-order valence-electron chi connectivity index (χ4n) is 4.16. The van der Waals surface area contributed by atoms with Crippen LogP contribution in [-0.2, 0) is 11.3 Å². The second-order valence-electron chi connectivity index (χ2n) is 7.39. The molecule has 5 nitrogen and oxygen atoms in total. The van der Waals surface area contributed by atoms with Crippen molar-refractivity contribution in [3.63, 3.8) is 0 Å². The monoisotopic (exact) mass is 369 g/mol. The third-order valence-electron chi connectivity index (χ3n) is 5.83. The molecule has 0 radical (unpaired) electrons. The first-order valence-electron chi connectivity index (χ1n) is 9.07. The Kier molecular flexibility index (Phi) is 4.53. The molecule has 1 aliphatic carbocycles. The molecule has 1 atom stereocenters. The number of hydrogen-bond acceptors (Lipinski definition) is 4. The zero-order valence-corrected chi connectivity index (χ0v) is 15.7. The lowest BCUT2D eigenvalue weighted by Gasteiger charge is -2.34. The maximum Gasteiger partial charge on any atom is 0.253 e. The van der Waals surface area contributed by atoms with Crippen molar-refractivity contribution in [2.45, 2.75) is 38.8 Å². The van der Waals surface area contributed by atoms with Gasteiger partial charge in [-0.05, 0) is 59.2 Å². The van der Waals surface area contributed by atoms with Crippen LogP contribution in [0.5, 0.6) is 0 Å². The van der Waals surface area contributed by atoms with Crippen LogP contribution in [0.1, 0.15) is 42.1 Å². The Hall–Kier alpha value is -2.21. The standard InChI is InChI=1S/C20H23N3O2S/c1-15(24)23(13-16-4-11-26-14-16)18-12-20(18)5-9-22(10-6-20)19(25)17-2-7-21-8-3-17/h2-4,7-8,11,14,18H,5-6,9-10,12-13H2,1H3. The summed E-state index contributed by atoms with van der Waals surface area (Å²) in [4.78, 5) is 32.7. The Bertz CT molecular complexity index is 783. The van der Waals surface area contributed by atoms with Gasteiger partial charge in [-0.3, -0.25) is 14.6 Å². The fourth-order valence-corrected chi connectivity index (χ4v) is 4.82. The highest BCUT2D eigenvalue weighted by atomic mass is 32.1. The molecule has 3 heterocycles. The van der Waals surface area contributed by atoms with E-state index in [1.54, 1.807) is 42.8 Å². The second-order valence-corrected chi connectivity index (χ2v) is 8.17.